The molecule has 0 aromatic heterocycles. The molecule has 0 aliphatic rings. The standard InChI is InChI=1S/C13H16O2/c1-4-11(14)13(2,3)12(15)10-8-6-5-7-9-10/h5-9H,4H2,1-3H3. The van der Waals surface area contributed by atoms with Gasteiger partial charge in [-0.3, -0.25) is 9.59 Å². The third-order valence-corrected chi connectivity index (χ3v) is 2.62. The lowest BCUT2D eigenvalue weighted by Crippen LogP contribution is -2.33. The topological polar surface area (TPSA) is 34.1 Å². The minimum absolute atomic E-state index is 0.0173. The molecule has 0 aliphatic carbocycles. The van der Waals surface area contributed by atoms with E-state index in [2.05, 4.69) is 0 Å². The average Bonchev–Trinajstić information content (AvgIpc) is 2.28. The van der Waals surface area contributed by atoms with Crippen molar-refractivity contribution in [2.24, 2.45) is 5.41 Å². The fraction of sp³-hybridized carbons (Fsp3) is 0.385. The molecule has 1 aromatic carbocycles. The number of carbonyl (C=O) groups excluding carboxylic acids is 2. The van der Waals surface area contributed by atoms with Gasteiger partial charge >= 0.3 is 0 Å². The lowest BCUT2D eigenvalue weighted by Gasteiger charge is -2.20. The molecule has 1 aromatic rings. The van der Waals surface area contributed by atoms with Crippen molar-refractivity contribution in [3.05, 3.63) is 35.9 Å². The van der Waals surface area contributed by atoms with Gasteiger partial charge in [0.15, 0.2) is 5.78 Å². The molecule has 0 amide bonds. The van der Waals surface area contributed by atoms with Crippen molar-refractivity contribution >= 4 is 11.6 Å². The van der Waals surface area contributed by atoms with Crippen LogP contribution in [-0.2, 0) is 4.79 Å². The van der Waals surface area contributed by atoms with E-state index in [1.807, 2.05) is 6.07 Å². The molecule has 15 heavy (non-hydrogen) atoms. The number of Topliss-reactive ketones (excluding diaryl/α,β-unsaturated/α-hetero) is 2. The molecule has 0 saturated heterocycles. The zero-order chi connectivity index (χ0) is 11.5. The number of ketones is 2. The molecule has 0 heterocycles. The maximum Gasteiger partial charge on any atom is 0.175 e. The first-order valence-corrected chi connectivity index (χ1v) is 5.13. The Balaban J connectivity index is 3.00. The minimum Gasteiger partial charge on any atom is -0.299 e. The zero-order valence-electron chi connectivity index (χ0n) is 9.41. The number of carbonyl (C=O) groups is 2. The Morgan fingerprint density at radius 2 is 1.67 bits per heavy atom. The van der Waals surface area contributed by atoms with Crippen LogP contribution in [0.25, 0.3) is 0 Å². The van der Waals surface area contributed by atoms with Gasteiger partial charge in [-0.05, 0) is 13.8 Å². The molecule has 1 rings (SSSR count). The second-order valence-electron chi connectivity index (χ2n) is 4.10. The van der Waals surface area contributed by atoms with Crippen LogP contribution in [0.3, 0.4) is 0 Å². The first-order chi connectivity index (χ1) is 7.00. The van der Waals surface area contributed by atoms with Gasteiger partial charge in [0.05, 0.1) is 5.41 Å². The molecule has 0 bridgehead atoms. The van der Waals surface area contributed by atoms with E-state index in [0.29, 0.717) is 12.0 Å². The molecular weight excluding hydrogens is 188 g/mol. The smallest absolute Gasteiger partial charge is 0.175 e. The SMILES string of the molecule is CCC(=O)C(C)(C)C(=O)c1ccccc1. The average molecular weight is 204 g/mol. The van der Waals surface area contributed by atoms with Crippen LogP contribution in [0.4, 0.5) is 0 Å². The van der Waals surface area contributed by atoms with E-state index in [9.17, 15) is 9.59 Å². The second-order valence-corrected chi connectivity index (χ2v) is 4.10. The van der Waals surface area contributed by atoms with E-state index in [1.165, 1.54) is 0 Å². The number of hydrogen-bond acceptors (Lipinski definition) is 2. The first-order valence-electron chi connectivity index (χ1n) is 5.13. The van der Waals surface area contributed by atoms with Gasteiger partial charge in [0.1, 0.15) is 5.78 Å². The van der Waals surface area contributed by atoms with Crippen LogP contribution in [0.15, 0.2) is 30.3 Å². The Morgan fingerprint density at radius 3 is 2.13 bits per heavy atom. The Labute approximate surface area is 90.3 Å². The lowest BCUT2D eigenvalue weighted by atomic mass is 9.79. The summed E-state index contributed by atoms with van der Waals surface area (Å²) in [5, 5.41) is 0. The Hall–Kier alpha value is -1.44. The van der Waals surface area contributed by atoms with Crippen LogP contribution in [0, 0.1) is 5.41 Å². The summed E-state index contributed by atoms with van der Waals surface area (Å²) in [6.07, 6.45) is 0.394. The van der Waals surface area contributed by atoms with Crippen molar-refractivity contribution in [1.29, 1.82) is 0 Å². The van der Waals surface area contributed by atoms with Gasteiger partial charge in [-0.15, -0.1) is 0 Å². The molecule has 0 radical (unpaired) electrons. The monoisotopic (exact) mass is 204 g/mol. The van der Waals surface area contributed by atoms with E-state index < -0.39 is 5.41 Å². The van der Waals surface area contributed by atoms with Gasteiger partial charge in [-0.25, -0.2) is 0 Å². The van der Waals surface area contributed by atoms with Crippen molar-refractivity contribution in [3.8, 4) is 0 Å². The number of rotatable bonds is 4. The highest BCUT2D eigenvalue weighted by molar-refractivity contribution is 6.13. The summed E-state index contributed by atoms with van der Waals surface area (Å²) in [5.41, 5.74) is -0.305. The molecular formula is C13H16O2. The zero-order valence-corrected chi connectivity index (χ0v) is 9.41. The van der Waals surface area contributed by atoms with Crippen LogP contribution < -0.4 is 0 Å². The minimum atomic E-state index is -0.907. The van der Waals surface area contributed by atoms with Gasteiger partial charge in [0, 0.05) is 12.0 Å². The number of hydrogen-bond donors (Lipinski definition) is 0. The largest absolute Gasteiger partial charge is 0.299 e. The van der Waals surface area contributed by atoms with Gasteiger partial charge < -0.3 is 0 Å². The fourth-order valence-electron chi connectivity index (χ4n) is 1.52. The maximum absolute atomic E-state index is 12.0. The molecule has 0 saturated carbocycles. The van der Waals surface area contributed by atoms with Crippen molar-refractivity contribution in [1.82, 2.24) is 0 Å². The lowest BCUT2D eigenvalue weighted by molar-refractivity contribution is -0.124. The van der Waals surface area contributed by atoms with Gasteiger partial charge in [0.25, 0.3) is 0 Å². The third kappa shape index (κ3) is 2.32. The summed E-state index contributed by atoms with van der Waals surface area (Å²) in [4.78, 5) is 23.7. The molecule has 0 unspecified atom stereocenters. The summed E-state index contributed by atoms with van der Waals surface area (Å²) in [5.74, 6) is -0.119. The van der Waals surface area contributed by atoms with Gasteiger partial charge in [-0.1, -0.05) is 37.3 Å². The molecule has 0 fully saturated rings. The van der Waals surface area contributed by atoms with Crippen LogP contribution in [0.5, 0.6) is 0 Å². The molecule has 0 atom stereocenters. The summed E-state index contributed by atoms with van der Waals surface area (Å²) in [6, 6.07) is 8.95. The fourth-order valence-corrected chi connectivity index (χ4v) is 1.52. The molecule has 2 heteroatoms. The van der Waals surface area contributed by atoms with Crippen molar-refractivity contribution in [2.75, 3.05) is 0 Å². The van der Waals surface area contributed by atoms with Gasteiger partial charge in [0.2, 0.25) is 0 Å². The molecule has 80 valence electrons. The van der Waals surface area contributed by atoms with Crippen LogP contribution in [0.1, 0.15) is 37.6 Å². The first kappa shape index (κ1) is 11.6. The van der Waals surface area contributed by atoms with E-state index >= 15 is 0 Å². The van der Waals surface area contributed by atoms with E-state index in [0.717, 1.165) is 0 Å². The molecule has 0 N–H and O–H groups in total. The van der Waals surface area contributed by atoms with Crippen molar-refractivity contribution < 1.29 is 9.59 Å². The highest BCUT2D eigenvalue weighted by atomic mass is 16.2. The predicted octanol–water partition coefficient (Wildman–Crippen LogP) is 2.87. The Kier molecular flexibility index (Phi) is 3.40. The highest BCUT2D eigenvalue weighted by Crippen LogP contribution is 2.24. The maximum atomic E-state index is 12.0. The van der Waals surface area contributed by atoms with E-state index in [-0.39, 0.29) is 11.6 Å². The number of benzene rings is 1. The van der Waals surface area contributed by atoms with Crippen molar-refractivity contribution in [3.63, 3.8) is 0 Å². The normalized spacial score (nSPS) is 11.1. The summed E-state index contributed by atoms with van der Waals surface area (Å²) in [7, 11) is 0. The molecule has 2 nitrogen and oxygen atoms in total. The predicted molar refractivity (Wildman–Crippen MR) is 59.9 cm³/mol. The Bertz CT molecular complexity index is 363. The Morgan fingerprint density at radius 1 is 1.13 bits per heavy atom. The molecule has 0 spiro atoms. The highest BCUT2D eigenvalue weighted by Gasteiger charge is 2.34. The van der Waals surface area contributed by atoms with Crippen molar-refractivity contribution in [2.45, 2.75) is 27.2 Å². The van der Waals surface area contributed by atoms with Crippen LogP contribution >= 0.6 is 0 Å². The molecule has 0 aliphatic heterocycles. The summed E-state index contributed by atoms with van der Waals surface area (Å²) >= 11 is 0. The summed E-state index contributed by atoms with van der Waals surface area (Å²) in [6.45, 7) is 5.16. The second kappa shape index (κ2) is 4.39. The third-order valence-electron chi connectivity index (χ3n) is 2.62. The van der Waals surface area contributed by atoms with E-state index in [4.69, 9.17) is 0 Å². The van der Waals surface area contributed by atoms with Gasteiger partial charge in [-0.2, -0.15) is 0 Å². The van der Waals surface area contributed by atoms with E-state index in [1.54, 1.807) is 45.0 Å². The van der Waals surface area contributed by atoms with Crippen LogP contribution in [0.2, 0.25) is 0 Å². The summed E-state index contributed by atoms with van der Waals surface area (Å²) < 4.78 is 0. The quantitative estimate of drug-likeness (QED) is 0.558. The van der Waals surface area contributed by atoms with Crippen LogP contribution in [-0.4, -0.2) is 11.6 Å².